The molecule has 0 fully saturated rings. The van der Waals surface area contributed by atoms with Crippen molar-refractivity contribution in [3.05, 3.63) is 0 Å². The fraction of sp³-hybridized carbons (Fsp3) is 1.00. The van der Waals surface area contributed by atoms with Crippen molar-refractivity contribution in [1.82, 2.24) is 0 Å². The maximum absolute atomic E-state index is 5.77. The standard InChI is InChI=1S/C10H23IO3Si/c1-5-12-15(13-6-2,14-7-3)9-10(4)8-11/h10H,5-9H2,1-4H3. The first-order valence-corrected chi connectivity index (χ1v) is 9.07. The van der Waals surface area contributed by atoms with Crippen molar-refractivity contribution in [1.29, 1.82) is 0 Å². The molecule has 0 amide bonds. The molecule has 0 spiro atoms. The maximum atomic E-state index is 5.77. The van der Waals surface area contributed by atoms with Gasteiger partial charge in [0.05, 0.1) is 0 Å². The number of rotatable bonds is 9. The van der Waals surface area contributed by atoms with E-state index in [0.29, 0.717) is 25.7 Å². The van der Waals surface area contributed by atoms with Crippen LogP contribution in [0.4, 0.5) is 0 Å². The fourth-order valence-electron chi connectivity index (χ4n) is 1.44. The van der Waals surface area contributed by atoms with Crippen molar-refractivity contribution in [2.24, 2.45) is 5.92 Å². The summed E-state index contributed by atoms with van der Waals surface area (Å²) in [6.45, 7) is 10.2. The van der Waals surface area contributed by atoms with E-state index in [1.54, 1.807) is 0 Å². The molecule has 0 radical (unpaired) electrons. The molecule has 3 nitrogen and oxygen atoms in total. The van der Waals surface area contributed by atoms with Crippen LogP contribution in [0.15, 0.2) is 0 Å². The zero-order valence-corrected chi connectivity index (χ0v) is 13.4. The predicted molar refractivity (Wildman–Crippen MR) is 73.5 cm³/mol. The molecule has 0 aliphatic carbocycles. The van der Waals surface area contributed by atoms with Crippen LogP contribution in [0.3, 0.4) is 0 Å². The van der Waals surface area contributed by atoms with Crippen LogP contribution in [0.25, 0.3) is 0 Å². The molecule has 0 heterocycles. The van der Waals surface area contributed by atoms with Gasteiger partial charge in [-0.05, 0) is 26.7 Å². The minimum absolute atomic E-state index is 0.585. The molecule has 1 atom stereocenters. The van der Waals surface area contributed by atoms with Gasteiger partial charge in [0.1, 0.15) is 0 Å². The average Bonchev–Trinajstić information content (AvgIpc) is 2.18. The lowest BCUT2D eigenvalue weighted by atomic mass is 10.3. The summed E-state index contributed by atoms with van der Waals surface area (Å²) in [4.78, 5) is 0. The van der Waals surface area contributed by atoms with Gasteiger partial charge in [-0.2, -0.15) is 0 Å². The molecule has 0 aliphatic heterocycles. The Hall–Kier alpha value is 0.827. The highest BCUT2D eigenvalue weighted by molar-refractivity contribution is 14.1. The van der Waals surface area contributed by atoms with Gasteiger partial charge >= 0.3 is 8.80 Å². The third kappa shape index (κ3) is 6.21. The highest BCUT2D eigenvalue weighted by Crippen LogP contribution is 2.22. The first-order chi connectivity index (χ1) is 7.14. The molecule has 92 valence electrons. The van der Waals surface area contributed by atoms with Crippen molar-refractivity contribution >= 4 is 31.4 Å². The van der Waals surface area contributed by atoms with Crippen LogP contribution >= 0.6 is 22.6 Å². The van der Waals surface area contributed by atoms with Gasteiger partial charge in [-0.3, -0.25) is 0 Å². The molecule has 15 heavy (non-hydrogen) atoms. The van der Waals surface area contributed by atoms with Gasteiger partial charge in [0.2, 0.25) is 0 Å². The summed E-state index contributed by atoms with van der Waals surface area (Å²) >= 11 is 2.39. The van der Waals surface area contributed by atoms with Crippen molar-refractivity contribution in [2.45, 2.75) is 33.7 Å². The Labute approximate surface area is 108 Å². The van der Waals surface area contributed by atoms with E-state index in [9.17, 15) is 0 Å². The lowest BCUT2D eigenvalue weighted by Gasteiger charge is -2.30. The van der Waals surface area contributed by atoms with Crippen LogP contribution in [0.2, 0.25) is 6.04 Å². The predicted octanol–water partition coefficient (Wildman–Crippen LogP) is 3.11. The van der Waals surface area contributed by atoms with Crippen LogP contribution < -0.4 is 0 Å². The van der Waals surface area contributed by atoms with E-state index in [-0.39, 0.29) is 0 Å². The number of hydrogen-bond acceptors (Lipinski definition) is 3. The van der Waals surface area contributed by atoms with Crippen LogP contribution in [0.5, 0.6) is 0 Å². The third-order valence-corrected chi connectivity index (χ3v) is 6.84. The van der Waals surface area contributed by atoms with Crippen molar-refractivity contribution in [3.63, 3.8) is 0 Å². The van der Waals surface area contributed by atoms with Gasteiger partial charge < -0.3 is 13.3 Å². The lowest BCUT2D eigenvalue weighted by molar-refractivity contribution is 0.0685. The van der Waals surface area contributed by atoms with Gasteiger partial charge in [-0.15, -0.1) is 0 Å². The monoisotopic (exact) mass is 346 g/mol. The molecule has 1 unspecified atom stereocenters. The molecule has 0 saturated heterocycles. The largest absolute Gasteiger partial charge is 0.501 e. The van der Waals surface area contributed by atoms with Crippen LogP contribution in [0.1, 0.15) is 27.7 Å². The van der Waals surface area contributed by atoms with Crippen LogP contribution in [0, 0.1) is 5.92 Å². The Kier molecular flexibility index (Phi) is 9.41. The van der Waals surface area contributed by atoms with E-state index in [2.05, 4.69) is 29.5 Å². The molecule has 0 aromatic carbocycles. The van der Waals surface area contributed by atoms with Gasteiger partial charge in [-0.25, -0.2) is 0 Å². The second-order valence-electron chi connectivity index (χ2n) is 3.45. The molecular weight excluding hydrogens is 323 g/mol. The number of hydrogen-bond donors (Lipinski definition) is 0. The Morgan fingerprint density at radius 2 is 1.40 bits per heavy atom. The molecular formula is C10H23IO3Si. The van der Waals surface area contributed by atoms with Crippen molar-refractivity contribution in [2.75, 3.05) is 24.2 Å². The maximum Gasteiger partial charge on any atom is 0.501 e. The Balaban J connectivity index is 4.44. The molecule has 0 N–H and O–H groups in total. The van der Waals surface area contributed by atoms with E-state index >= 15 is 0 Å². The highest BCUT2D eigenvalue weighted by Gasteiger charge is 2.41. The van der Waals surface area contributed by atoms with E-state index < -0.39 is 8.80 Å². The summed E-state index contributed by atoms with van der Waals surface area (Å²) in [6, 6.07) is 0.922. The van der Waals surface area contributed by atoms with Gasteiger partial charge in [0, 0.05) is 30.3 Å². The molecule has 0 aliphatic rings. The van der Waals surface area contributed by atoms with Crippen LogP contribution in [-0.4, -0.2) is 33.1 Å². The molecule has 0 aromatic rings. The smallest absolute Gasteiger partial charge is 0.374 e. The number of halogens is 1. The fourth-order valence-corrected chi connectivity index (χ4v) is 5.26. The summed E-state index contributed by atoms with van der Waals surface area (Å²) in [5, 5.41) is 0. The SMILES string of the molecule is CCO[Si](CC(C)CI)(OCC)OCC. The Morgan fingerprint density at radius 3 is 1.67 bits per heavy atom. The van der Waals surface area contributed by atoms with Gasteiger partial charge in [0.25, 0.3) is 0 Å². The second kappa shape index (κ2) is 8.92. The summed E-state index contributed by atoms with van der Waals surface area (Å²) in [7, 11) is -2.38. The summed E-state index contributed by atoms with van der Waals surface area (Å²) in [5.41, 5.74) is 0. The van der Waals surface area contributed by atoms with E-state index in [1.165, 1.54) is 0 Å². The van der Waals surface area contributed by atoms with E-state index in [1.807, 2.05) is 20.8 Å². The first-order valence-electron chi connectivity index (χ1n) is 5.61. The Morgan fingerprint density at radius 1 is 1.00 bits per heavy atom. The summed E-state index contributed by atoms with van der Waals surface area (Å²) < 4.78 is 18.4. The molecule has 0 saturated carbocycles. The summed E-state index contributed by atoms with van der Waals surface area (Å²) in [5.74, 6) is 0.585. The second-order valence-corrected chi connectivity index (χ2v) is 6.97. The van der Waals surface area contributed by atoms with Crippen LogP contribution in [-0.2, 0) is 13.3 Å². The Bertz CT molecular complexity index is 141. The van der Waals surface area contributed by atoms with Crippen molar-refractivity contribution < 1.29 is 13.3 Å². The zero-order chi connectivity index (χ0) is 11.7. The van der Waals surface area contributed by atoms with E-state index in [4.69, 9.17) is 13.3 Å². The summed E-state index contributed by atoms with van der Waals surface area (Å²) in [6.07, 6.45) is 0. The normalized spacial score (nSPS) is 14.2. The molecule has 5 heteroatoms. The van der Waals surface area contributed by atoms with Gasteiger partial charge in [0.15, 0.2) is 0 Å². The lowest BCUT2D eigenvalue weighted by Crippen LogP contribution is -2.47. The third-order valence-electron chi connectivity index (χ3n) is 1.95. The minimum atomic E-state index is -2.38. The highest BCUT2D eigenvalue weighted by atomic mass is 127. The average molecular weight is 346 g/mol. The molecule has 0 aromatic heterocycles. The first kappa shape index (κ1) is 15.8. The quantitative estimate of drug-likeness (QED) is 0.365. The molecule has 0 rings (SSSR count). The van der Waals surface area contributed by atoms with Crippen molar-refractivity contribution in [3.8, 4) is 0 Å². The topological polar surface area (TPSA) is 27.7 Å². The zero-order valence-electron chi connectivity index (χ0n) is 10.2. The number of alkyl halides is 1. The molecule has 0 bridgehead atoms. The minimum Gasteiger partial charge on any atom is -0.374 e. The van der Waals surface area contributed by atoms with Gasteiger partial charge in [-0.1, -0.05) is 29.5 Å². The van der Waals surface area contributed by atoms with E-state index in [0.717, 1.165) is 10.5 Å².